The maximum Gasteiger partial charge on any atom is 0.162 e. The van der Waals surface area contributed by atoms with E-state index in [4.69, 9.17) is 23.2 Å². The summed E-state index contributed by atoms with van der Waals surface area (Å²) < 4.78 is 0.117. The van der Waals surface area contributed by atoms with E-state index >= 15 is 0 Å². The van der Waals surface area contributed by atoms with E-state index in [-0.39, 0.29) is 4.59 Å². The summed E-state index contributed by atoms with van der Waals surface area (Å²) in [5, 5.41) is 1.08. The average molecular weight is 472 g/mol. The largest absolute Gasteiger partial charge is 0.298 e. The van der Waals surface area contributed by atoms with E-state index in [0.717, 1.165) is 28.8 Å². The summed E-state index contributed by atoms with van der Waals surface area (Å²) in [5.74, 6) is 0. The number of nitrogens with zero attached hydrogens (tertiary/aromatic N) is 1. The summed E-state index contributed by atoms with van der Waals surface area (Å²) in [7, 11) is 0. The number of nitrogens with one attached hydrogen (secondary N) is 1. The van der Waals surface area contributed by atoms with Crippen LogP contribution in [0.25, 0.3) is 0 Å². The number of halogens is 2. The monoisotopic (exact) mass is 471 g/mol. The van der Waals surface area contributed by atoms with E-state index in [0.29, 0.717) is 15.6 Å². The highest BCUT2D eigenvalue weighted by molar-refractivity contribution is 6.32. The molecule has 0 aliphatic carbocycles. The maximum atomic E-state index is 12.7. The van der Waals surface area contributed by atoms with Gasteiger partial charge in [0.2, 0.25) is 0 Å². The first kappa shape index (κ1) is 21.6. The van der Waals surface area contributed by atoms with Crippen LogP contribution in [0.5, 0.6) is 0 Å². The quantitative estimate of drug-likeness (QED) is 0.246. The number of rotatable bonds is 5. The number of para-hydroxylation sites is 2. The molecule has 5 heteroatoms. The topological polar surface area (TPSA) is 29.1 Å². The van der Waals surface area contributed by atoms with Crippen molar-refractivity contribution in [3.05, 3.63) is 142 Å². The van der Waals surface area contributed by atoms with Gasteiger partial charge in [0.25, 0.3) is 0 Å². The molecule has 0 bridgehead atoms. The second-order valence-corrected chi connectivity index (χ2v) is 8.73. The van der Waals surface area contributed by atoms with Gasteiger partial charge in [0.1, 0.15) is 6.20 Å². The standard InChI is InChI=1S/C28H21Cl2N2O/c29-26-17-9-7-15-24(26)28(25-16-8-10-18-27(25)30)21(20-33)19-32(31-28,22-11-3-1-4-12-22)23-13-5-2-6-14-23/h1-20,31H/q+1. The van der Waals surface area contributed by atoms with Gasteiger partial charge in [0.15, 0.2) is 23.2 Å². The Hall–Kier alpha value is -3.21. The van der Waals surface area contributed by atoms with Gasteiger partial charge in [-0.2, -0.15) is 4.59 Å². The zero-order valence-electron chi connectivity index (χ0n) is 17.7. The molecule has 1 heterocycles. The summed E-state index contributed by atoms with van der Waals surface area (Å²) in [6.45, 7) is 0. The molecule has 3 nitrogen and oxygen atoms in total. The lowest BCUT2D eigenvalue weighted by Crippen LogP contribution is -2.56. The highest BCUT2D eigenvalue weighted by atomic mass is 35.5. The van der Waals surface area contributed by atoms with Gasteiger partial charge in [-0.05, 0) is 12.1 Å². The molecule has 0 radical (unpaired) electrons. The van der Waals surface area contributed by atoms with Crippen molar-refractivity contribution in [1.82, 2.24) is 10.0 Å². The van der Waals surface area contributed by atoms with Gasteiger partial charge in [0.05, 0.1) is 5.57 Å². The second kappa shape index (κ2) is 8.62. The smallest absolute Gasteiger partial charge is 0.162 e. The Balaban J connectivity index is 1.88. The minimum absolute atomic E-state index is 0.117. The van der Waals surface area contributed by atoms with E-state index in [1.807, 2.05) is 115 Å². The first-order valence-corrected chi connectivity index (χ1v) is 11.4. The fraction of sp³-hybridized carbons (Fsp3) is 0.0357. The number of benzene rings is 4. The van der Waals surface area contributed by atoms with Crippen LogP contribution in [0.4, 0.5) is 11.4 Å². The van der Waals surface area contributed by atoms with E-state index in [1.54, 1.807) is 0 Å². The molecule has 0 fully saturated rings. The molecule has 5 rings (SSSR count). The van der Waals surface area contributed by atoms with E-state index in [2.05, 4.69) is 5.43 Å². The third-order valence-electron chi connectivity index (χ3n) is 6.12. The van der Waals surface area contributed by atoms with E-state index in [9.17, 15) is 4.79 Å². The number of aldehydes is 1. The van der Waals surface area contributed by atoms with Gasteiger partial charge in [-0.3, -0.25) is 4.79 Å². The Morgan fingerprint density at radius 1 is 0.636 bits per heavy atom. The molecular weight excluding hydrogens is 451 g/mol. The molecule has 1 aliphatic rings. The molecule has 162 valence electrons. The maximum absolute atomic E-state index is 12.7. The Morgan fingerprint density at radius 2 is 1.06 bits per heavy atom. The molecule has 0 aromatic heterocycles. The van der Waals surface area contributed by atoms with Crippen molar-refractivity contribution in [2.24, 2.45) is 0 Å². The molecule has 1 aliphatic heterocycles. The number of hydrogen-bond acceptors (Lipinski definition) is 2. The van der Waals surface area contributed by atoms with Crippen LogP contribution >= 0.6 is 23.2 Å². The normalized spacial score (nSPS) is 16.2. The van der Waals surface area contributed by atoms with Crippen LogP contribution in [0.1, 0.15) is 11.1 Å². The Morgan fingerprint density at radius 3 is 1.48 bits per heavy atom. The highest BCUT2D eigenvalue weighted by Crippen LogP contribution is 2.50. The van der Waals surface area contributed by atoms with Crippen molar-refractivity contribution < 1.29 is 4.79 Å². The summed E-state index contributed by atoms with van der Waals surface area (Å²) in [4.78, 5) is 12.7. The number of hydrogen-bond donors (Lipinski definition) is 1. The second-order valence-electron chi connectivity index (χ2n) is 7.92. The van der Waals surface area contributed by atoms with Crippen LogP contribution in [-0.4, -0.2) is 6.29 Å². The fourth-order valence-corrected chi connectivity index (χ4v) is 5.20. The lowest BCUT2D eigenvalue weighted by molar-refractivity contribution is -0.105. The number of quaternary nitrogens is 1. The van der Waals surface area contributed by atoms with E-state index in [1.165, 1.54) is 0 Å². The SMILES string of the molecule is O=CC1=C[N+](c2ccccc2)(c2ccccc2)NC1(c1ccccc1Cl)c1ccccc1Cl. The highest BCUT2D eigenvalue weighted by Gasteiger charge is 2.56. The summed E-state index contributed by atoms with van der Waals surface area (Å²) in [6, 6.07) is 35.2. The van der Waals surface area contributed by atoms with Gasteiger partial charge in [-0.15, -0.1) is 5.43 Å². The Kier molecular flexibility index (Phi) is 5.65. The number of carbonyl (C=O) groups is 1. The van der Waals surface area contributed by atoms with Gasteiger partial charge >= 0.3 is 0 Å². The molecule has 0 unspecified atom stereocenters. The third kappa shape index (κ3) is 3.41. The van der Waals surface area contributed by atoms with Crippen LogP contribution in [0.15, 0.2) is 121 Å². The Bertz CT molecular complexity index is 1250. The fourth-order valence-electron chi connectivity index (χ4n) is 4.65. The van der Waals surface area contributed by atoms with Gasteiger partial charge in [-0.1, -0.05) is 96.0 Å². The van der Waals surface area contributed by atoms with Crippen LogP contribution < -0.4 is 10.0 Å². The van der Waals surface area contributed by atoms with Crippen LogP contribution in [0.2, 0.25) is 10.0 Å². The zero-order valence-corrected chi connectivity index (χ0v) is 19.2. The van der Waals surface area contributed by atoms with Gasteiger partial charge in [-0.25, -0.2) is 0 Å². The van der Waals surface area contributed by atoms with Gasteiger partial charge < -0.3 is 0 Å². The molecule has 0 amide bonds. The van der Waals surface area contributed by atoms with Crippen LogP contribution in [-0.2, 0) is 10.3 Å². The zero-order chi connectivity index (χ0) is 22.9. The van der Waals surface area contributed by atoms with Crippen LogP contribution in [0.3, 0.4) is 0 Å². The molecular formula is C28H21Cl2N2O+. The van der Waals surface area contributed by atoms with Crippen molar-refractivity contribution in [1.29, 1.82) is 0 Å². The molecule has 33 heavy (non-hydrogen) atoms. The predicted octanol–water partition coefficient (Wildman–Crippen LogP) is 7.18. The van der Waals surface area contributed by atoms with Crippen molar-refractivity contribution in [3.8, 4) is 0 Å². The van der Waals surface area contributed by atoms with Gasteiger partial charge in [0, 0.05) is 45.4 Å². The molecule has 1 N–H and O–H groups in total. The van der Waals surface area contributed by atoms with Crippen molar-refractivity contribution >= 4 is 40.9 Å². The summed E-state index contributed by atoms with van der Waals surface area (Å²) in [5.41, 5.74) is 6.66. The molecule has 0 atom stereocenters. The molecule has 0 saturated carbocycles. The predicted molar refractivity (Wildman–Crippen MR) is 135 cm³/mol. The molecule has 4 aromatic rings. The first-order valence-electron chi connectivity index (χ1n) is 10.6. The minimum atomic E-state index is -1.08. The van der Waals surface area contributed by atoms with Crippen LogP contribution in [0, 0.1) is 0 Å². The first-order chi connectivity index (χ1) is 16.1. The number of carbonyl (C=O) groups excluding carboxylic acids is 1. The van der Waals surface area contributed by atoms with E-state index < -0.39 is 5.54 Å². The summed E-state index contributed by atoms with van der Waals surface area (Å²) in [6.07, 6.45) is 2.84. The lowest BCUT2D eigenvalue weighted by Gasteiger charge is -2.38. The summed E-state index contributed by atoms with van der Waals surface area (Å²) >= 11 is 13.5. The lowest BCUT2D eigenvalue weighted by atomic mass is 9.78. The minimum Gasteiger partial charge on any atom is -0.298 e. The molecule has 0 spiro atoms. The molecule has 0 saturated heterocycles. The Labute approximate surface area is 203 Å². The third-order valence-corrected chi connectivity index (χ3v) is 6.78. The van der Waals surface area contributed by atoms with Crippen molar-refractivity contribution in [3.63, 3.8) is 0 Å². The average Bonchev–Trinajstić information content (AvgIpc) is 3.23. The van der Waals surface area contributed by atoms with Crippen molar-refractivity contribution in [2.75, 3.05) is 0 Å². The molecule has 4 aromatic carbocycles. The van der Waals surface area contributed by atoms with Crippen molar-refractivity contribution in [2.45, 2.75) is 5.54 Å².